The normalized spacial score (nSPS) is 13.3. The molecule has 1 rings (SSSR count). The van der Waals surface area contributed by atoms with Gasteiger partial charge in [-0.05, 0) is 17.7 Å². The third kappa shape index (κ3) is 2.50. The quantitative estimate of drug-likeness (QED) is 0.571. The molecule has 0 bridgehead atoms. The lowest BCUT2D eigenvalue weighted by Gasteiger charge is -2.14. The molecule has 16 heavy (non-hydrogen) atoms. The van der Waals surface area contributed by atoms with Crippen molar-refractivity contribution in [3.8, 4) is 6.07 Å². The summed E-state index contributed by atoms with van der Waals surface area (Å²) in [5.74, 6) is -2.63. The van der Waals surface area contributed by atoms with Crippen LogP contribution in [0, 0.1) is 23.0 Å². The number of hydrogen-bond donors (Lipinski definition) is 0. The predicted octanol–water partition coefficient (Wildman–Crippen LogP) is 3.83. The molecule has 1 atom stereocenters. The van der Waals surface area contributed by atoms with E-state index in [1.54, 1.807) is 0 Å². The monoisotopic (exact) mass is 299 g/mol. The Bertz CT molecular complexity index is 425. The van der Waals surface area contributed by atoms with Crippen molar-refractivity contribution in [2.45, 2.75) is 11.0 Å². The summed E-state index contributed by atoms with van der Waals surface area (Å²) in [5, 5.41) is 8.32. The van der Waals surface area contributed by atoms with Crippen LogP contribution in [0.4, 0.5) is 22.0 Å². The van der Waals surface area contributed by atoms with Crippen LogP contribution in [0.15, 0.2) is 12.1 Å². The smallest absolute Gasteiger partial charge is 0.205 e. The summed E-state index contributed by atoms with van der Waals surface area (Å²) >= 11 is 2.28. The highest BCUT2D eigenvalue weighted by Crippen LogP contribution is 2.40. The molecule has 1 aromatic carbocycles. The van der Waals surface area contributed by atoms with E-state index in [0.29, 0.717) is 12.1 Å². The molecule has 1 nitrogen and oxygen atoms in total. The molecule has 0 heterocycles. The topological polar surface area (TPSA) is 23.8 Å². The highest BCUT2D eigenvalue weighted by atomic mass is 79.9. The van der Waals surface area contributed by atoms with E-state index in [4.69, 9.17) is 5.26 Å². The molecular weight excluding hydrogens is 297 g/mol. The second-order valence-electron chi connectivity index (χ2n) is 2.88. The van der Waals surface area contributed by atoms with Gasteiger partial charge in [0.15, 0.2) is 0 Å². The van der Waals surface area contributed by atoms with Gasteiger partial charge in [0.2, 0.25) is 0 Å². The van der Waals surface area contributed by atoms with Gasteiger partial charge in [-0.25, -0.2) is 8.78 Å². The first-order valence-corrected chi connectivity index (χ1v) is 4.78. The highest BCUT2D eigenvalue weighted by Gasteiger charge is 2.39. The molecule has 0 aliphatic carbocycles. The lowest BCUT2D eigenvalue weighted by molar-refractivity contribution is -0.128. The molecule has 0 N–H and O–H groups in total. The van der Waals surface area contributed by atoms with Crippen LogP contribution in [0.3, 0.4) is 0 Å². The molecule has 0 aliphatic heterocycles. The molecule has 7 heteroatoms. The summed E-state index contributed by atoms with van der Waals surface area (Å²) in [7, 11) is 0. The van der Waals surface area contributed by atoms with E-state index in [1.165, 1.54) is 6.07 Å². The number of hydrogen-bond acceptors (Lipinski definition) is 1. The van der Waals surface area contributed by atoms with Gasteiger partial charge < -0.3 is 0 Å². The number of rotatable bonds is 1. The van der Waals surface area contributed by atoms with Gasteiger partial charge in [0.05, 0.1) is 0 Å². The van der Waals surface area contributed by atoms with Gasteiger partial charge in [0, 0.05) is 0 Å². The van der Waals surface area contributed by atoms with Crippen LogP contribution < -0.4 is 0 Å². The summed E-state index contributed by atoms with van der Waals surface area (Å²) < 4.78 is 62.7. The summed E-state index contributed by atoms with van der Waals surface area (Å²) in [6.07, 6.45) is -4.66. The Balaban J connectivity index is 3.25. The fraction of sp³-hybridized carbons (Fsp3) is 0.222. The summed E-state index contributed by atoms with van der Waals surface area (Å²) in [6.45, 7) is 0. The van der Waals surface area contributed by atoms with E-state index in [1.807, 2.05) is 0 Å². The fourth-order valence-corrected chi connectivity index (χ4v) is 1.30. The lowest BCUT2D eigenvalue weighted by atomic mass is 10.1. The Morgan fingerprint density at radius 2 is 1.62 bits per heavy atom. The number of alkyl halides is 4. The number of nitrogens with zero attached hydrogens (tertiary/aromatic N) is 1. The third-order valence-corrected chi connectivity index (χ3v) is 2.80. The predicted molar refractivity (Wildman–Crippen MR) is 48.8 cm³/mol. The van der Waals surface area contributed by atoms with Crippen LogP contribution in [0.5, 0.6) is 0 Å². The van der Waals surface area contributed by atoms with Crippen molar-refractivity contribution in [1.82, 2.24) is 0 Å². The molecule has 0 aliphatic rings. The Morgan fingerprint density at radius 3 is 1.94 bits per heavy atom. The Hall–Kier alpha value is -1.16. The van der Waals surface area contributed by atoms with Gasteiger partial charge in [-0.1, -0.05) is 15.9 Å². The third-order valence-electron chi connectivity index (χ3n) is 1.76. The van der Waals surface area contributed by atoms with Gasteiger partial charge in [0.25, 0.3) is 0 Å². The maximum Gasteiger partial charge on any atom is 0.405 e. The zero-order valence-corrected chi connectivity index (χ0v) is 9.03. The standard InChI is InChI=1S/C9H3BrF5N/c10-8(9(13,14)15)4-1-6(11)5(3-16)7(12)2-4/h1-2,8H/t8-/m1/s1. The first-order chi connectivity index (χ1) is 7.27. The van der Waals surface area contributed by atoms with Crippen molar-refractivity contribution >= 4 is 15.9 Å². The van der Waals surface area contributed by atoms with E-state index in [2.05, 4.69) is 15.9 Å². The molecule has 0 amide bonds. The van der Waals surface area contributed by atoms with Crippen molar-refractivity contribution in [2.24, 2.45) is 0 Å². The summed E-state index contributed by atoms with van der Waals surface area (Å²) in [6, 6.07) is 2.18. The number of nitriles is 1. The molecule has 0 fully saturated rings. The van der Waals surface area contributed by atoms with E-state index >= 15 is 0 Å². The van der Waals surface area contributed by atoms with E-state index < -0.39 is 33.8 Å². The Kier molecular flexibility index (Phi) is 3.53. The van der Waals surface area contributed by atoms with Crippen molar-refractivity contribution in [3.05, 3.63) is 34.9 Å². The average Bonchev–Trinajstić information content (AvgIpc) is 2.14. The number of halogens is 6. The van der Waals surface area contributed by atoms with Crippen LogP contribution in [0.2, 0.25) is 0 Å². The second-order valence-corrected chi connectivity index (χ2v) is 3.79. The second kappa shape index (κ2) is 4.37. The minimum absolute atomic E-state index is 0.481. The van der Waals surface area contributed by atoms with Crippen molar-refractivity contribution in [2.75, 3.05) is 0 Å². The molecule has 0 saturated carbocycles. The molecule has 0 saturated heterocycles. The minimum Gasteiger partial charge on any atom is -0.205 e. The van der Waals surface area contributed by atoms with Gasteiger partial charge in [0.1, 0.15) is 28.1 Å². The molecule has 1 aromatic rings. The molecule has 0 unspecified atom stereocenters. The zero-order chi connectivity index (χ0) is 12.5. The maximum absolute atomic E-state index is 13.0. The van der Waals surface area contributed by atoms with Crippen molar-refractivity contribution in [1.29, 1.82) is 5.26 Å². The van der Waals surface area contributed by atoms with Crippen molar-refractivity contribution in [3.63, 3.8) is 0 Å². The van der Waals surface area contributed by atoms with Crippen LogP contribution in [0.1, 0.15) is 16.0 Å². The minimum atomic E-state index is -4.66. The molecule has 0 spiro atoms. The summed E-state index contributed by atoms with van der Waals surface area (Å²) in [4.78, 5) is -2.17. The van der Waals surface area contributed by atoms with E-state index in [9.17, 15) is 22.0 Å². The molecular formula is C9H3BrF5N. The summed E-state index contributed by atoms with van der Waals surface area (Å²) in [5.41, 5.74) is -1.52. The van der Waals surface area contributed by atoms with Crippen LogP contribution in [0.25, 0.3) is 0 Å². The van der Waals surface area contributed by atoms with Gasteiger partial charge in [-0.2, -0.15) is 18.4 Å². The SMILES string of the molecule is N#Cc1c(F)cc([C@@H](Br)C(F)(F)F)cc1F. The Morgan fingerprint density at radius 1 is 1.19 bits per heavy atom. The molecule has 0 aromatic heterocycles. The first-order valence-electron chi connectivity index (χ1n) is 3.87. The number of benzene rings is 1. The van der Waals surface area contributed by atoms with Gasteiger partial charge >= 0.3 is 6.18 Å². The van der Waals surface area contributed by atoms with Gasteiger partial charge in [-0.3, -0.25) is 0 Å². The Labute approximate surface area is 95.6 Å². The lowest BCUT2D eigenvalue weighted by Crippen LogP contribution is -2.15. The van der Waals surface area contributed by atoms with Gasteiger partial charge in [-0.15, -0.1) is 0 Å². The van der Waals surface area contributed by atoms with Crippen LogP contribution >= 0.6 is 15.9 Å². The van der Waals surface area contributed by atoms with Crippen LogP contribution in [-0.2, 0) is 0 Å². The average molecular weight is 300 g/mol. The molecule has 86 valence electrons. The largest absolute Gasteiger partial charge is 0.405 e. The van der Waals surface area contributed by atoms with Crippen LogP contribution in [-0.4, -0.2) is 6.18 Å². The van der Waals surface area contributed by atoms with E-state index in [-0.39, 0.29) is 0 Å². The fourth-order valence-electron chi connectivity index (χ4n) is 1.03. The van der Waals surface area contributed by atoms with E-state index in [0.717, 1.165) is 0 Å². The highest BCUT2D eigenvalue weighted by molar-refractivity contribution is 9.09. The molecule has 0 radical (unpaired) electrons. The van der Waals surface area contributed by atoms with Crippen molar-refractivity contribution < 1.29 is 22.0 Å². The zero-order valence-electron chi connectivity index (χ0n) is 7.45. The first kappa shape index (κ1) is 12.9. The maximum atomic E-state index is 13.0.